The second-order valence-corrected chi connectivity index (χ2v) is 9.07. The lowest BCUT2D eigenvalue weighted by atomic mass is 10.0. The van der Waals surface area contributed by atoms with Gasteiger partial charge in [-0.1, -0.05) is 64.2 Å². The average Bonchev–Trinajstić information content (AvgIpc) is 2.60. The zero-order valence-corrected chi connectivity index (χ0v) is 19.7. The van der Waals surface area contributed by atoms with Crippen LogP contribution in [0.3, 0.4) is 0 Å². The normalized spacial score (nSPS) is 13.6. The topological polar surface area (TPSA) is 52.6 Å². The van der Waals surface area contributed by atoms with Gasteiger partial charge in [0.25, 0.3) is 0 Å². The minimum Gasteiger partial charge on any atom is -0.462 e. The Labute approximate surface area is 182 Å². The Morgan fingerprint density at radius 2 is 0.821 bits per heavy atom. The number of halogens is 2. The molecule has 0 saturated carbocycles. The van der Waals surface area contributed by atoms with E-state index in [4.69, 9.17) is 32.7 Å². The predicted molar refractivity (Wildman–Crippen MR) is 117 cm³/mol. The molecule has 0 aliphatic carbocycles. The molecule has 0 aliphatic rings. The molecule has 6 heteroatoms. The lowest BCUT2D eigenvalue weighted by Crippen LogP contribution is -2.21. The fourth-order valence-electron chi connectivity index (χ4n) is 2.91. The molecule has 0 aromatic heterocycles. The molecule has 0 rings (SSSR count). The van der Waals surface area contributed by atoms with Gasteiger partial charge in [-0.25, -0.2) is 0 Å². The zero-order chi connectivity index (χ0) is 21.4. The summed E-state index contributed by atoms with van der Waals surface area (Å²) in [7, 11) is 0. The molecule has 28 heavy (non-hydrogen) atoms. The van der Waals surface area contributed by atoms with E-state index in [-0.39, 0.29) is 24.1 Å². The molecule has 2 atom stereocenters. The first-order chi connectivity index (χ1) is 13.2. The summed E-state index contributed by atoms with van der Waals surface area (Å²) in [6.45, 7) is 7.33. The van der Waals surface area contributed by atoms with Crippen molar-refractivity contribution in [2.24, 2.45) is 0 Å². The van der Waals surface area contributed by atoms with Crippen molar-refractivity contribution in [3.8, 4) is 0 Å². The van der Waals surface area contributed by atoms with E-state index < -0.39 is 10.8 Å². The molecule has 4 nitrogen and oxygen atoms in total. The SMILES string of the molecule is CC(C)OC(=O)C(Cl)CCCCCCCCCCCCC(Cl)C(=O)OC(C)C. The maximum Gasteiger partial charge on any atom is 0.324 e. The molecular weight excluding hydrogens is 399 g/mol. The average molecular weight is 439 g/mol. The van der Waals surface area contributed by atoms with E-state index >= 15 is 0 Å². The highest BCUT2D eigenvalue weighted by atomic mass is 35.5. The van der Waals surface area contributed by atoms with Gasteiger partial charge in [-0.2, -0.15) is 0 Å². The first kappa shape index (κ1) is 27.5. The smallest absolute Gasteiger partial charge is 0.324 e. The third-order valence-electron chi connectivity index (χ3n) is 4.38. The van der Waals surface area contributed by atoms with Crippen molar-refractivity contribution in [3.05, 3.63) is 0 Å². The standard InChI is InChI=1S/C22H40Cl2O4/c1-17(2)27-21(25)19(23)15-13-11-9-7-5-6-8-10-12-14-16-20(24)22(26)28-18(3)4/h17-20H,5-16H2,1-4H3. The van der Waals surface area contributed by atoms with Crippen LogP contribution in [0.5, 0.6) is 0 Å². The van der Waals surface area contributed by atoms with Gasteiger partial charge < -0.3 is 9.47 Å². The fraction of sp³-hybridized carbons (Fsp3) is 0.909. The molecule has 0 aromatic rings. The minimum atomic E-state index is -0.512. The van der Waals surface area contributed by atoms with E-state index in [1.165, 1.54) is 38.5 Å². The zero-order valence-electron chi connectivity index (χ0n) is 18.2. The maximum absolute atomic E-state index is 11.6. The lowest BCUT2D eigenvalue weighted by molar-refractivity contribution is -0.148. The van der Waals surface area contributed by atoms with E-state index in [0.717, 1.165) is 25.7 Å². The van der Waals surface area contributed by atoms with Gasteiger partial charge in [-0.05, 0) is 40.5 Å². The van der Waals surface area contributed by atoms with Crippen LogP contribution in [0.15, 0.2) is 0 Å². The van der Waals surface area contributed by atoms with Crippen LogP contribution in [0.2, 0.25) is 0 Å². The van der Waals surface area contributed by atoms with Crippen molar-refractivity contribution in [3.63, 3.8) is 0 Å². The van der Waals surface area contributed by atoms with Gasteiger partial charge in [0.05, 0.1) is 12.2 Å². The Morgan fingerprint density at radius 3 is 1.07 bits per heavy atom. The van der Waals surface area contributed by atoms with Crippen LogP contribution in [0.25, 0.3) is 0 Å². The first-order valence-electron chi connectivity index (χ1n) is 10.9. The number of unbranched alkanes of at least 4 members (excludes halogenated alkanes) is 9. The fourth-order valence-corrected chi connectivity index (χ4v) is 3.32. The molecule has 0 heterocycles. The van der Waals surface area contributed by atoms with Gasteiger partial charge in [-0.15, -0.1) is 23.2 Å². The molecule has 0 amide bonds. The van der Waals surface area contributed by atoms with E-state index in [9.17, 15) is 9.59 Å². The number of hydrogen-bond acceptors (Lipinski definition) is 4. The minimum absolute atomic E-state index is 0.105. The van der Waals surface area contributed by atoms with Crippen LogP contribution in [-0.2, 0) is 19.1 Å². The summed E-state index contributed by atoms with van der Waals surface area (Å²) < 4.78 is 10.2. The molecule has 0 aliphatic heterocycles. The van der Waals surface area contributed by atoms with Gasteiger partial charge in [0.1, 0.15) is 10.8 Å². The lowest BCUT2D eigenvalue weighted by Gasteiger charge is -2.12. The Bertz CT molecular complexity index is 375. The van der Waals surface area contributed by atoms with Crippen LogP contribution in [0.1, 0.15) is 105 Å². The highest BCUT2D eigenvalue weighted by molar-refractivity contribution is 6.30. The summed E-state index contributed by atoms with van der Waals surface area (Å²) in [6.07, 6.45) is 12.7. The van der Waals surface area contributed by atoms with E-state index in [0.29, 0.717) is 12.8 Å². The predicted octanol–water partition coefficient (Wildman–Crippen LogP) is 6.79. The van der Waals surface area contributed by atoms with Crippen molar-refractivity contribution in [1.82, 2.24) is 0 Å². The number of hydrogen-bond donors (Lipinski definition) is 0. The highest BCUT2D eigenvalue weighted by Gasteiger charge is 2.18. The number of ether oxygens (including phenoxy) is 2. The molecule has 0 spiro atoms. The van der Waals surface area contributed by atoms with Crippen molar-refractivity contribution < 1.29 is 19.1 Å². The highest BCUT2D eigenvalue weighted by Crippen LogP contribution is 2.16. The van der Waals surface area contributed by atoms with Crippen LogP contribution in [0.4, 0.5) is 0 Å². The molecule has 0 radical (unpaired) electrons. The first-order valence-corrected chi connectivity index (χ1v) is 11.8. The molecule has 0 saturated heterocycles. The van der Waals surface area contributed by atoms with Crippen LogP contribution in [-0.4, -0.2) is 34.9 Å². The van der Waals surface area contributed by atoms with E-state index in [2.05, 4.69) is 0 Å². The second-order valence-electron chi connectivity index (χ2n) is 8.02. The summed E-state index contributed by atoms with van der Waals surface area (Å²) in [5.41, 5.74) is 0. The third-order valence-corrected chi connectivity index (χ3v) is 5.17. The summed E-state index contributed by atoms with van der Waals surface area (Å²) in [4.78, 5) is 23.2. The van der Waals surface area contributed by atoms with Crippen LogP contribution < -0.4 is 0 Å². The van der Waals surface area contributed by atoms with Crippen molar-refractivity contribution in [1.29, 1.82) is 0 Å². The summed E-state index contributed by atoms with van der Waals surface area (Å²) in [5.74, 6) is -0.595. The molecular formula is C22H40Cl2O4. The summed E-state index contributed by atoms with van der Waals surface area (Å²) in [5, 5.41) is -1.02. The van der Waals surface area contributed by atoms with Crippen LogP contribution >= 0.6 is 23.2 Å². The monoisotopic (exact) mass is 438 g/mol. The molecule has 166 valence electrons. The van der Waals surface area contributed by atoms with Gasteiger partial charge in [0, 0.05) is 0 Å². The van der Waals surface area contributed by atoms with Gasteiger partial charge in [0.2, 0.25) is 0 Å². The van der Waals surface area contributed by atoms with E-state index in [1.807, 2.05) is 27.7 Å². The Kier molecular flexibility index (Phi) is 17.1. The number of esters is 2. The van der Waals surface area contributed by atoms with Crippen molar-refractivity contribution >= 4 is 35.1 Å². The number of alkyl halides is 2. The van der Waals surface area contributed by atoms with Crippen LogP contribution in [0, 0.1) is 0 Å². The number of carbonyl (C=O) groups is 2. The van der Waals surface area contributed by atoms with Crippen molar-refractivity contribution in [2.45, 2.75) is 128 Å². The Balaban J connectivity index is 3.40. The maximum atomic E-state index is 11.6. The molecule has 2 unspecified atom stereocenters. The second kappa shape index (κ2) is 17.4. The Hall–Kier alpha value is -0.480. The largest absolute Gasteiger partial charge is 0.462 e. The van der Waals surface area contributed by atoms with Gasteiger partial charge >= 0.3 is 11.9 Å². The third kappa shape index (κ3) is 16.5. The Morgan fingerprint density at radius 1 is 0.571 bits per heavy atom. The molecule has 0 N–H and O–H groups in total. The van der Waals surface area contributed by atoms with E-state index in [1.54, 1.807) is 0 Å². The molecule has 0 bridgehead atoms. The number of carbonyl (C=O) groups excluding carboxylic acids is 2. The number of rotatable bonds is 17. The van der Waals surface area contributed by atoms with Gasteiger partial charge in [-0.3, -0.25) is 9.59 Å². The summed E-state index contributed by atoms with van der Waals surface area (Å²) in [6, 6.07) is 0. The molecule has 0 fully saturated rings. The summed E-state index contributed by atoms with van der Waals surface area (Å²) >= 11 is 12.1. The quantitative estimate of drug-likeness (QED) is 0.142. The van der Waals surface area contributed by atoms with Crippen molar-refractivity contribution in [2.75, 3.05) is 0 Å². The molecule has 0 aromatic carbocycles. The van der Waals surface area contributed by atoms with Gasteiger partial charge in [0.15, 0.2) is 0 Å².